The van der Waals surface area contributed by atoms with Crippen molar-refractivity contribution >= 4 is 17.3 Å². The lowest BCUT2D eigenvalue weighted by molar-refractivity contribution is 0.459. The first kappa shape index (κ1) is 11.7. The zero-order valence-corrected chi connectivity index (χ0v) is 10.0. The van der Waals surface area contributed by atoms with E-state index in [2.05, 4.69) is 10.4 Å². The van der Waals surface area contributed by atoms with Gasteiger partial charge in [-0.15, -0.1) is 0 Å². The maximum atomic E-state index is 5.87. The minimum Gasteiger partial charge on any atom is -0.439 e. The fourth-order valence-electron chi connectivity index (χ4n) is 1.39. The van der Waals surface area contributed by atoms with Crippen LogP contribution in [0.4, 0.5) is 5.69 Å². The van der Waals surface area contributed by atoms with Gasteiger partial charge in [0.2, 0.25) is 5.88 Å². The molecule has 0 bridgehead atoms. The summed E-state index contributed by atoms with van der Waals surface area (Å²) >= 11 is 5.87. The van der Waals surface area contributed by atoms with Gasteiger partial charge < -0.3 is 10.2 Å². The molecule has 1 aromatic carbocycles. The number of nitrogens with two attached hydrogens (primary N) is 1. The third kappa shape index (κ3) is 2.87. The van der Waals surface area contributed by atoms with Crippen LogP contribution in [0.2, 0.25) is 5.02 Å². The molecule has 0 saturated heterocycles. The average Bonchev–Trinajstić information content (AvgIpc) is 2.32. The molecule has 2 rings (SSSR count). The van der Waals surface area contributed by atoms with E-state index in [0.29, 0.717) is 16.7 Å². The highest BCUT2D eigenvalue weighted by Crippen LogP contribution is 2.26. The van der Waals surface area contributed by atoms with E-state index in [0.717, 1.165) is 11.3 Å². The number of rotatable bonds is 3. The lowest BCUT2D eigenvalue weighted by Gasteiger charge is -2.09. The topological polar surface area (TPSA) is 60.2 Å². The fourth-order valence-corrected chi connectivity index (χ4v) is 1.57. The van der Waals surface area contributed by atoms with Crippen molar-refractivity contribution in [2.24, 2.45) is 5.84 Å². The van der Waals surface area contributed by atoms with Crippen molar-refractivity contribution in [3.05, 3.63) is 47.1 Å². The number of anilines is 1. The third-order valence-corrected chi connectivity index (χ3v) is 2.44. The summed E-state index contributed by atoms with van der Waals surface area (Å²) < 4.78 is 5.63. The summed E-state index contributed by atoms with van der Waals surface area (Å²) in [5.74, 6) is 6.48. The molecule has 0 aliphatic heterocycles. The van der Waals surface area contributed by atoms with Crippen molar-refractivity contribution in [1.29, 1.82) is 0 Å². The molecule has 0 unspecified atom stereocenters. The molecule has 17 heavy (non-hydrogen) atoms. The van der Waals surface area contributed by atoms with E-state index in [-0.39, 0.29) is 0 Å². The van der Waals surface area contributed by atoms with Gasteiger partial charge in [-0.05, 0) is 31.2 Å². The smallest absolute Gasteiger partial charge is 0.222 e. The van der Waals surface area contributed by atoms with E-state index in [9.17, 15) is 0 Å². The van der Waals surface area contributed by atoms with E-state index in [4.69, 9.17) is 22.2 Å². The summed E-state index contributed by atoms with van der Waals surface area (Å²) in [5, 5.41) is 0.625. The molecule has 0 atom stereocenters. The maximum absolute atomic E-state index is 5.87. The number of aromatic nitrogens is 1. The van der Waals surface area contributed by atoms with Crippen LogP contribution in [0.3, 0.4) is 0 Å². The second-order valence-corrected chi connectivity index (χ2v) is 3.99. The number of hydrogen-bond acceptors (Lipinski definition) is 4. The minimum atomic E-state index is 0.534. The Morgan fingerprint density at radius 3 is 2.82 bits per heavy atom. The predicted molar refractivity (Wildman–Crippen MR) is 68.3 cm³/mol. The summed E-state index contributed by atoms with van der Waals surface area (Å²) in [4.78, 5) is 4.17. The van der Waals surface area contributed by atoms with E-state index < -0.39 is 0 Å². The molecule has 5 heteroatoms. The number of halogens is 1. The predicted octanol–water partition coefficient (Wildman–Crippen LogP) is 3.12. The van der Waals surface area contributed by atoms with Crippen LogP contribution in [0, 0.1) is 6.92 Å². The Labute approximate surface area is 104 Å². The first-order valence-electron chi connectivity index (χ1n) is 5.06. The van der Waals surface area contributed by atoms with Crippen LogP contribution in [0.15, 0.2) is 36.5 Å². The molecular weight excluding hydrogens is 238 g/mol. The largest absolute Gasteiger partial charge is 0.439 e. The fraction of sp³-hybridized carbons (Fsp3) is 0.0833. The second-order valence-electron chi connectivity index (χ2n) is 3.55. The number of nitrogens with one attached hydrogen (secondary N) is 1. The Kier molecular flexibility index (Phi) is 3.46. The van der Waals surface area contributed by atoms with Crippen LogP contribution >= 0.6 is 11.6 Å². The number of aryl methyl sites for hydroxylation is 1. The highest BCUT2D eigenvalue weighted by atomic mass is 35.5. The molecule has 0 spiro atoms. The molecule has 0 amide bonds. The lowest BCUT2D eigenvalue weighted by atomic mass is 10.3. The normalized spacial score (nSPS) is 10.1. The molecule has 1 heterocycles. The average molecular weight is 250 g/mol. The van der Waals surface area contributed by atoms with Gasteiger partial charge in [0.15, 0.2) is 0 Å². The van der Waals surface area contributed by atoms with Gasteiger partial charge in [0.05, 0.1) is 11.9 Å². The molecule has 0 aliphatic rings. The summed E-state index contributed by atoms with van der Waals surface area (Å²) in [6.45, 7) is 1.90. The van der Waals surface area contributed by atoms with Gasteiger partial charge in [-0.3, -0.25) is 5.84 Å². The van der Waals surface area contributed by atoms with Gasteiger partial charge in [-0.25, -0.2) is 4.98 Å². The first-order chi connectivity index (χ1) is 8.19. The van der Waals surface area contributed by atoms with Crippen LogP contribution in [0.5, 0.6) is 11.6 Å². The Morgan fingerprint density at radius 2 is 2.18 bits per heavy atom. The van der Waals surface area contributed by atoms with Gasteiger partial charge >= 0.3 is 0 Å². The van der Waals surface area contributed by atoms with Crippen molar-refractivity contribution in [2.45, 2.75) is 6.92 Å². The van der Waals surface area contributed by atoms with E-state index in [1.807, 2.05) is 25.1 Å². The van der Waals surface area contributed by atoms with Gasteiger partial charge in [0, 0.05) is 10.6 Å². The second kappa shape index (κ2) is 5.03. The van der Waals surface area contributed by atoms with Crippen LogP contribution < -0.4 is 16.0 Å². The summed E-state index contributed by atoms with van der Waals surface area (Å²) in [6.07, 6.45) is 1.60. The number of hydrogen-bond donors (Lipinski definition) is 2. The number of benzene rings is 1. The molecule has 3 N–H and O–H groups in total. The highest BCUT2D eigenvalue weighted by molar-refractivity contribution is 6.30. The molecule has 0 saturated carbocycles. The summed E-state index contributed by atoms with van der Waals surface area (Å²) in [5.41, 5.74) is 4.16. The Hall–Kier alpha value is -1.78. The molecule has 1 aromatic heterocycles. The number of hydrazine groups is 1. The SMILES string of the molecule is Cc1cc(NN)cnc1Oc1cccc(Cl)c1. The molecule has 2 aromatic rings. The Bertz CT molecular complexity index is 531. The van der Waals surface area contributed by atoms with E-state index in [1.54, 1.807) is 18.3 Å². The maximum Gasteiger partial charge on any atom is 0.222 e. The van der Waals surface area contributed by atoms with Crippen molar-refractivity contribution < 1.29 is 4.74 Å². The number of ether oxygens (including phenoxy) is 1. The minimum absolute atomic E-state index is 0.534. The van der Waals surface area contributed by atoms with Crippen molar-refractivity contribution in [1.82, 2.24) is 4.98 Å². The lowest BCUT2D eigenvalue weighted by Crippen LogP contribution is -2.07. The van der Waals surface area contributed by atoms with E-state index in [1.165, 1.54) is 0 Å². The molecule has 0 fully saturated rings. The molecule has 88 valence electrons. The zero-order valence-electron chi connectivity index (χ0n) is 9.27. The molecule has 4 nitrogen and oxygen atoms in total. The zero-order chi connectivity index (χ0) is 12.3. The van der Waals surface area contributed by atoms with Crippen LogP contribution in [-0.2, 0) is 0 Å². The number of nitrogens with zero attached hydrogens (tertiary/aromatic N) is 1. The third-order valence-electron chi connectivity index (χ3n) is 2.21. The molecular formula is C12H12ClN3O. The Balaban J connectivity index is 2.24. The molecule has 0 radical (unpaired) electrons. The standard InChI is InChI=1S/C12H12ClN3O/c1-8-5-10(16-14)7-15-12(8)17-11-4-2-3-9(13)6-11/h2-7,16H,14H2,1H3. The van der Waals surface area contributed by atoms with Gasteiger partial charge in [-0.1, -0.05) is 17.7 Å². The van der Waals surface area contributed by atoms with E-state index >= 15 is 0 Å². The van der Waals surface area contributed by atoms with Crippen molar-refractivity contribution in [3.63, 3.8) is 0 Å². The first-order valence-corrected chi connectivity index (χ1v) is 5.43. The molecule has 0 aliphatic carbocycles. The quantitative estimate of drug-likeness (QED) is 0.648. The monoisotopic (exact) mass is 249 g/mol. The Morgan fingerprint density at radius 1 is 1.35 bits per heavy atom. The van der Waals surface area contributed by atoms with Crippen LogP contribution in [-0.4, -0.2) is 4.98 Å². The summed E-state index contributed by atoms with van der Waals surface area (Å²) in [6, 6.07) is 9.02. The number of nitrogen functional groups attached to an aromatic ring is 1. The van der Waals surface area contributed by atoms with Crippen molar-refractivity contribution in [3.8, 4) is 11.6 Å². The summed E-state index contributed by atoms with van der Waals surface area (Å²) in [7, 11) is 0. The van der Waals surface area contributed by atoms with Crippen molar-refractivity contribution in [2.75, 3.05) is 5.43 Å². The van der Waals surface area contributed by atoms with Crippen LogP contribution in [0.25, 0.3) is 0 Å². The van der Waals surface area contributed by atoms with Gasteiger partial charge in [0.1, 0.15) is 5.75 Å². The van der Waals surface area contributed by atoms with Gasteiger partial charge in [0.25, 0.3) is 0 Å². The number of pyridine rings is 1. The van der Waals surface area contributed by atoms with Gasteiger partial charge in [-0.2, -0.15) is 0 Å². The highest BCUT2D eigenvalue weighted by Gasteiger charge is 2.04. The van der Waals surface area contributed by atoms with Crippen LogP contribution in [0.1, 0.15) is 5.56 Å².